The van der Waals surface area contributed by atoms with Gasteiger partial charge in [-0.15, -0.1) is 0 Å². The van der Waals surface area contributed by atoms with E-state index in [-0.39, 0.29) is 10.5 Å². The van der Waals surface area contributed by atoms with Crippen LogP contribution in [-0.4, -0.2) is 44.7 Å². The van der Waals surface area contributed by atoms with Crippen molar-refractivity contribution in [2.24, 2.45) is 0 Å². The van der Waals surface area contributed by atoms with E-state index in [4.69, 9.17) is 4.74 Å². The summed E-state index contributed by atoms with van der Waals surface area (Å²) in [7, 11) is -2.61. The molecule has 138 valence electrons. The summed E-state index contributed by atoms with van der Waals surface area (Å²) in [5.41, 5.74) is 0.973. The van der Waals surface area contributed by atoms with Crippen molar-refractivity contribution in [3.63, 3.8) is 0 Å². The summed E-state index contributed by atoms with van der Waals surface area (Å²) < 4.78 is 43.5. The Labute approximate surface area is 151 Å². The first-order chi connectivity index (χ1) is 12.2. The van der Waals surface area contributed by atoms with Gasteiger partial charge in [0.15, 0.2) is 12.4 Å². The fourth-order valence-corrected chi connectivity index (χ4v) is 3.21. The highest BCUT2D eigenvalue weighted by Gasteiger charge is 2.23. The molecule has 0 fully saturated rings. The Hall–Kier alpha value is -2.58. The molecule has 0 atom stereocenters. The molecular formula is C18H18FNO5S. The maximum atomic E-state index is 13.1. The molecule has 0 saturated heterocycles. The minimum atomic E-state index is -3.85. The van der Waals surface area contributed by atoms with E-state index < -0.39 is 40.7 Å². The lowest BCUT2D eigenvalue weighted by Gasteiger charge is -2.16. The van der Waals surface area contributed by atoms with Gasteiger partial charge >= 0.3 is 5.97 Å². The summed E-state index contributed by atoms with van der Waals surface area (Å²) in [5.74, 6) is -2.04. The summed E-state index contributed by atoms with van der Waals surface area (Å²) in [5, 5.41) is 0. The third kappa shape index (κ3) is 4.96. The smallest absolute Gasteiger partial charge is 0.321 e. The lowest BCUT2D eigenvalue weighted by molar-refractivity contribution is -0.142. The molecule has 0 amide bonds. The number of ether oxygens (including phenoxy) is 1. The van der Waals surface area contributed by atoms with Crippen molar-refractivity contribution in [2.75, 3.05) is 20.2 Å². The summed E-state index contributed by atoms with van der Waals surface area (Å²) in [6.07, 6.45) is 0. The van der Waals surface area contributed by atoms with Crippen LogP contribution in [0.2, 0.25) is 0 Å². The molecule has 2 aromatic rings. The number of likely N-dealkylation sites (N-methyl/N-ethyl adjacent to an activating group) is 1. The number of hydrogen-bond acceptors (Lipinski definition) is 5. The predicted octanol–water partition coefficient (Wildman–Crippen LogP) is 2.18. The zero-order chi connectivity index (χ0) is 19.3. The lowest BCUT2D eigenvalue weighted by Crippen LogP contribution is -2.33. The van der Waals surface area contributed by atoms with Gasteiger partial charge in [-0.25, -0.2) is 12.8 Å². The van der Waals surface area contributed by atoms with Crippen LogP contribution >= 0.6 is 0 Å². The van der Waals surface area contributed by atoms with Gasteiger partial charge in [-0.2, -0.15) is 4.31 Å². The molecule has 2 rings (SSSR count). The number of sulfonamides is 1. The van der Waals surface area contributed by atoms with E-state index in [2.05, 4.69) is 0 Å². The third-order valence-electron chi connectivity index (χ3n) is 3.59. The minimum absolute atomic E-state index is 0.0502. The van der Waals surface area contributed by atoms with Gasteiger partial charge in [-0.05, 0) is 31.2 Å². The second kappa shape index (κ2) is 8.20. The van der Waals surface area contributed by atoms with E-state index in [0.717, 1.165) is 15.9 Å². The highest BCUT2D eigenvalue weighted by molar-refractivity contribution is 7.89. The quantitative estimate of drug-likeness (QED) is 0.544. The van der Waals surface area contributed by atoms with Gasteiger partial charge in [0.05, 0.1) is 4.90 Å². The highest BCUT2D eigenvalue weighted by atomic mass is 32.2. The fraction of sp³-hybridized carbons (Fsp3) is 0.222. The molecule has 0 bridgehead atoms. The molecule has 0 N–H and O–H groups in total. The molecule has 2 aromatic carbocycles. The molecular weight excluding hydrogens is 361 g/mol. The highest BCUT2D eigenvalue weighted by Crippen LogP contribution is 2.15. The number of Topliss-reactive ketones (excluding diaryl/α,β-unsaturated/α-hetero) is 1. The maximum absolute atomic E-state index is 13.1. The summed E-state index contributed by atoms with van der Waals surface area (Å²) in [6.45, 7) is 0.681. The largest absolute Gasteiger partial charge is 0.456 e. The zero-order valence-corrected chi connectivity index (χ0v) is 15.1. The number of hydrogen-bond donors (Lipinski definition) is 0. The van der Waals surface area contributed by atoms with E-state index in [1.54, 1.807) is 12.1 Å². The third-order valence-corrected chi connectivity index (χ3v) is 5.41. The SMILES string of the molecule is Cc1ccc(S(=O)(=O)N(C)CC(=O)OCC(=O)c2cccc(F)c2)cc1. The molecule has 0 spiro atoms. The Bertz CT molecular complexity index is 909. The molecule has 0 aromatic heterocycles. The van der Waals surface area contributed by atoms with Gasteiger partial charge in [0.2, 0.25) is 10.0 Å². The van der Waals surface area contributed by atoms with Crippen molar-refractivity contribution >= 4 is 21.8 Å². The van der Waals surface area contributed by atoms with Crippen molar-refractivity contribution < 1.29 is 27.1 Å². The standard InChI is InChI=1S/C18H18FNO5S/c1-13-6-8-16(9-7-13)26(23,24)20(2)11-18(22)25-12-17(21)14-4-3-5-15(19)10-14/h3-10H,11-12H2,1-2H3. The van der Waals surface area contributed by atoms with Crippen molar-refractivity contribution in [3.8, 4) is 0 Å². The molecule has 0 heterocycles. The van der Waals surface area contributed by atoms with Gasteiger partial charge in [-0.1, -0.05) is 29.8 Å². The van der Waals surface area contributed by atoms with Crippen LogP contribution in [0.3, 0.4) is 0 Å². The molecule has 26 heavy (non-hydrogen) atoms. The first kappa shape index (κ1) is 19.7. The van der Waals surface area contributed by atoms with Crippen LogP contribution in [0.15, 0.2) is 53.4 Å². The number of carbonyl (C=O) groups excluding carboxylic acids is 2. The number of aryl methyl sites for hydroxylation is 1. The van der Waals surface area contributed by atoms with Crippen LogP contribution < -0.4 is 0 Å². The number of ketones is 1. The van der Waals surface area contributed by atoms with E-state index in [1.807, 2.05) is 6.92 Å². The van der Waals surface area contributed by atoms with Crippen LogP contribution in [0.25, 0.3) is 0 Å². The predicted molar refractivity (Wildman–Crippen MR) is 92.7 cm³/mol. The molecule has 0 saturated carbocycles. The summed E-state index contributed by atoms with van der Waals surface area (Å²) in [6, 6.07) is 11.2. The molecule has 8 heteroatoms. The second-order valence-electron chi connectivity index (χ2n) is 5.67. The van der Waals surface area contributed by atoms with E-state index >= 15 is 0 Å². The number of halogens is 1. The molecule has 0 radical (unpaired) electrons. The normalized spacial score (nSPS) is 11.4. The number of rotatable bonds is 7. The Kier molecular flexibility index (Phi) is 6.23. The Balaban J connectivity index is 1.94. The average Bonchev–Trinajstić information content (AvgIpc) is 2.60. The fourth-order valence-electron chi connectivity index (χ4n) is 2.09. The Morgan fingerprint density at radius 1 is 1.12 bits per heavy atom. The van der Waals surface area contributed by atoms with Crippen molar-refractivity contribution in [2.45, 2.75) is 11.8 Å². The van der Waals surface area contributed by atoms with Gasteiger partial charge in [0.25, 0.3) is 0 Å². The first-order valence-corrected chi connectivity index (χ1v) is 9.11. The Morgan fingerprint density at radius 2 is 1.77 bits per heavy atom. The zero-order valence-electron chi connectivity index (χ0n) is 14.3. The Morgan fingerprint density at radius 3 is 2.38 bits per heavy atom. The topological polar surface area (TPSA) is 80.8 Å². The monoisotopic (exact) mass is 379 g/mol. The van der Waals surface area contributed by atoms with Gasteiger partial charge in [-0.3, -0.25) is 9.59 Å². The molecule has 6 nitrogen and oxygen atoms in total. The lowest BCUT2D eigenvalue weighted by atomic mass is 10.1. The molecule has 0 aliphatic carbocycles. The van der Waals surface area contributed by atoms with Crippen molar-refractivity contribution in [3.05, 3.63) is 65.5 Å². The first-order valence-electron chi connectivity index (χ1n) is 7.67. The number of nitrogens with zero attached hydrogens (tertiary/aromatic N) is 1. The van der Waals surface area contributed by atoms with Crippen LogP contribution in [0.4, 0.5) is 4.39 Å². The minimum Gasteiger partial charge on any atom is -0.456 e. The summed E-state index contributed by atoms with van der Waals surface area (Å²) >= 11 is 0. The van der Waals surface area contributed by atoms with Gasteiger partial charge in [0.1, 0.15) is 12.4 Å². The van der Waals surface area contributed by atoms with Crippen LogP contribution in [0.1, 0.15) is 15.9 Å². The number of esters is 1. The molecule has 0 aliphatic rings. The average molecular weight is 379 g/mol. The van der Waals surface area contributed by atoms with Crippen LogP contribution in [-0.2, 0) is 19.6 Å². The summed E-state index contributed by atoms with van der Waals surface area (Å²) in [4.78, 5) is 23.7. The van der Waals surface area contributed by atoms with Crippen LogP contribution in [0, 0.1) is 12.7 Å². The second-order valence-corrected chi connectivity index (χ2v) is 7.71. The van der Waals surface area contributed by atoms with E-state index in [9.17, 15) is 22.4 Å². The van der Waals surface area contributed by atoms with Crippen LogP contribution in [0.5, 0.6) is 0 Å². The van der Waals surface area contributed by atoms with E-state index in [0.29, 0.717) is 0 Å². The molecule has 0 aliphatic heterocycles. The van der Waals surface area contributed by atoms with Gasteiger partial charge in [0, 0.05) is 12.6 Å². The van der Waals surface area contributed by atoms with Crippen molar-refractivity contribution in [1.82, 2.24) is 4.31 Å². The van der Waals surface area contributed by atoms with E-state index in [1.165, 1.54) is 37.4 Å². The van der Waals surface area contributed by atoms with Gasteiger partial charge < -0.3 is 4.74 Å². The molecule has 0 unspecified atom stereocenters. The maximum Gasteiger partial charge on any atom is 0.321 e. The number of benzene rings is 2. The van der Waals surface area contributed by atoms with Crippen molar-refractivity contribution in [1.29, 1.82) is 0 Å². The number of carbonyl (C=O) groups is 2.